The summed E-state index contributed by atoms with van der Waals surface area (Å²) in [6.07, 6.45) is 3.57. The number of carbonyl (C=O) groups is 1. The number of pyridine rings is 1. The maximum atomic E-state index is 12.3. The van der Waals surface area contributed by atoms with Gasteiger partial charge in [0.05, 0.1) is 6.54 Å². The number of nitrogens with zero attached hydrogens (tertiary/aromatic N) is 5. The van der Waals surface area contributed by atoms with E-state index in [0.717, 1.165) is 24.0 Å². The van der Waals surface area contributed by atoms with Crippen molar-refractivity contribution in [2.45, 2.75) is 33.2 Å². The first-order chi connectivity index (χ1) is 13.6. The highest BCUT2D eigenvalue weighted by Crippen LogP contribution is 2.19. The zero-order valence-electron chi connectivity index (χ0n) is 15.7. The van der Waals surface area contributed by atoms with E-state index in [0.29, 0.717) is 28.8 Å². The van der Waals surface area contributed by atoms with Gasteiger partial charge in [0.25, 0.3) is 11.8 Å². The Bertz CT molecular complexity index is 1110. The molecule has 0 saturated heterocycles. The van der Waals surface area contributed by atoms with Gasteiger partial charge in [-0.25, -0.2) is 0 Å². The number of benzene rings is 1. The fourth-order valence-corrected chi connectivity index (χ4v) is 2.86. The largest absolute Gasteiger partial charge is 0.345 e. The summed E-state index contributed by atoms with van der Waals surface area (Å²) in [6, 6.07) is 11.1. The van der Waals surface area contributed by atoms with Crippen LogP contribution in [0.1, 0.15) is 40.9 Å². The molecule has 0 saturated carbocycles. The van der Waals surface area contributed by atoms with Crippen molar-refractivity contribution in [2.75, 3.05) is 0 Å². The minimum absolute atomic E-state index is 0.150. The third kappa shape index (κ3) is 3.62. The summed E-state index contributed by atoms with van der Waals surface area (Å²) < 4.78 is 7.14. The molecule has 0 fully saturated rings. The van der Waals surface area contributed by atoms with Gasteiger partial charge in [0.2, 0.25) is 0 Å². The molecule has 1 N–H and O–H groups in total. The molecular formula is C20H20N6O2. The summed E-state index contributed by atoms with van der Waals surface area (Å²) in [6.45, 7) is 4.32. The van der Waals surface area contributed by atoms with Gasteiger partial charge in [-0.3, -0.25) is 9.20 Å². The van der Waals surface area contributed by atoms with Crippen LogP contribution in [0.4, 0.5) is 0 Å². The monoisotopic (exact) mass is 376 g/mol. The second-order valence-electron chi connectivity index (χ2n) is 6.57. The number of nitrogens with one attached hydrogen (secondary N) is 1. The molecule has 4 aromatic rings. The lowest BCUT2D eigenvalue weighted by Gasteiger charge is -2.05. The third-order valence-electron chi connectivity index (χ3n) is 4.39. The predicted molar refractivity (Wildman–Crippen MR) is 103 cm³/mol. The molecule has 0 aliphatic carbocycles. The molecule has 142 valence electrons. The minimum atomic E-state index is -0.150. The number of amides is 1. The van der Waals surface area contributed by atoms with Crippen molar-refractivity contribution >= 4 is 11.6 Å². The Hall–Kier alpha value is -3.55. The quantitative estimate of drug-likeness (QED) is 0.555. The average Bonchev–Trinajstić information content (AvgIpc) is 3.33. The van der Waals surface area contributed by atoms with Gasteiger partial charge in [0.15, 0.2) is 17.3 Å². The molecule has 0 aliphatic rings. The van der Waals surface area contributed by atoms with Crippen LogP contribution in [0, 0.1) is 6.92 Å². The summed E-state index contributed by atoms with van der Waals surface area (Å²) >= 11 is 0. The first-order valence-electron chi connectivity index (χ1n) is 9.15. The van der Waals surface area contributed by atoms with Gasteiger partial charge in [-0.15, -0.1) is 10.2 Å². The van der Waals surface area contributed by atoms with E-state index in [1.165, 1.54) is 0 Å². The summed E-state index contributed by atoms with van der Waals surface area (Å²) in [5.41, 5.74) is 3.15. The topological polar surface area (TPSA) is 98.2 Å². The van der Waals surface area contributed by atoms with Crippen molar-refractivity contribution in [3.63, 3.8) is 0 Å². The highest BCUT2D eigenvalue weighted by molar-refractivity contribution is 5.94. The van der Waals surface area contributed by atoms with Crippen molar-refractivity contribution < 1.29 is 9.32 Å². The Morgan fingerprint density at radius 1 is 1.18 bits per heavy atom. The fourth-order valence-electron chi connectivity index (χ4n) is 2.86. The number of rotatable bonds is 6. The molecular weight excluding hydrogens is 356 g/mol. The van der Waals surface area contributed by atoms with Crippen LogP contribution in [-0.2, 0) is 13.0 Å². The molecule has 0 spiro atoms. The molecule has 0 radical (unpaired) electrons. The number of aromatic nitrogens is 5. The van der Waals surface area contributed by atoms with Crippen LogP contribution in [0.5, 0.6) is 0 Å². The van der Waals surface area contributed by atoms with E-state index in [2.05, 4.69) is 32.6 Å². The standard InChI is InChI=1S/C20H20N6O2/c1-3-4-16-22-20(28-25-16)15-9-10-26-17(11-15)23-24-18(26)12-21-19(27)14-7-5-13(2)6-8-14/h5-11H,3-4,12H2,1-2H3,(H,21,27). The molecule has 1 aromatic carbocycles. The van der Waals surface area contributed by atoms with E-state index in [9.17, 15) is 4.79 Å². The Labute approximate surface area is 161 Å². The summed E-state index contributed by atoms with van der Waals surface area (Å²) in [5, 5.41) is 15.2. The Morgan fingerprint density at radius 3 is 2.79 bits per heavy atom. The van der Waals surface area contributed by atoms with E-state index in [4.69, 9.17) is 4.52 Å². The van der Waals surface area contributed by atoms with Gasteiger partial charge in [-0.2, -0.15) is 4.98 Å². The van der Waals surface area contributed by atoms with Crippen LogP contribution in [0.2, 0.25) is 0 Å². The lowest BCUT2D eigenvalue weighted by atomic mass is 10.1. The Kier molecular flexibility index (Phi) is 4.84. The normalized spacial score (nSPS) is 11.1. The highest BCUT2D eigenvalue weighted by atomic mass is 16.5. The van der Waals surface area contributed by atoms with Gasteiger partial charge in [-0.05, 0) is 37.6 Å². The third-order valence-corrected chi connectivity index (χ3v) is 4.39. The molecule has 3 heterocycles. The summed E-state index contributed by atoms with van der Waals surface area (Å²) in [7, 11) is 0. The van der Waals surface area contributed by atoms with Crippen molar-refractivity contribution in [1.29, 1.82) is 0 Å². The van der Waals surface area contributed by atoms with Crippen molar-refractivity contribution in [3.05, 3.63) is 65.4 Å². The first-order valence-corrected chi connectivity index (χ1v) is 9.15. The fraction of sp³-hybridized carbons (Fsp3) is 0.250. The molecule has 4 rings (SSSR count). The lowest BCUT2D eigenvalue weighted by molar-refractivity contribution is 0.0950. The number of fused-ring (bicyclic) bond motifs is 1. The lowest BCUT2D eigenvalue weighted by Crippen LogP contribution is -2.23. The van der Waals surface area contributed by atoms with E-state index in [-0.39, 0.29) is 12.5 Å². The van der Waals surface area contributed by atoms with Gasteiger partial charge >= 0.3 is 0 Å². The molecule has 3 aromatic heterocycles. The van der Waals surface area contributed by atoms with E-state index in [1.807, 2.05) is 41.8 Å². The van der Waals surface area contributed by atoms with Gasteiger partial charge < -0.3 is 9.84 Å². The molecule has 1 amide bonds. The summed E-state index contributed by atoms with van der Waals surface area (Å²) in [4.78, 5) is 16.7. The highest BCUT2D eigenvalue weighted by Gasteiger charge is 2.13. The smallest absolute Gasteiger partial charge is 0.258 e. The van der Waals surface area contributed by atoms with Gasteiger partial charge in [-0.1, -0.05) is 29.8 Å². The zero-order valence-corrected chi connectivity index (χ0v) is 15.7. The van der Waals surface area contributed by atoms with Crippen LogP contribution >= 0.6 is 0 Å². The van der Waals surface area contributed by atoms with E-state index >= 15 is 0 Å². The number of hydrogen-bond donors (Lipinski definition) is 1. The van der Waals surface area contributed by atoms with Crippen molar-refractivity contribution in [3.8, 4) is 11.5 Å². The second kappa shape index (κ2) is 7.59. The van der Waals surface area contributed by atoms with Crippen LogP contribution in [0.25, 0.3) is 17.1 Å². The first kappa shape index (κ1) is 17.8. The Balaban J connectivity index is 1.49. The van der Waals surface area contributed by atoms with Crippen molar-refractivity contribution in [2.24, 2.45) is 0 Å². The van der Waals surface area contributed by atoms with Crippen LogP contribution in [-0.4, -0.2) is 30.6 Å². The van der Waals surface area contributed by atoms with Crippen LogP contribution in [0.15, 0.2) is 47.1 Å². The van der Waals surface area contributed by atoms with Crippen LogP contribution < -0.4 is 5.32 Å². The molecule has 0 bridgehead atoms. The maximum absolute atomic E-state index is 12.3. The average molecular weight is 376 g/mol. The number of carbonyl (C=O) groups excluding carboxylic acids is 1. The SMILES string of the molecule is CCCc1noc(-c2ccn3c(CNC(=O)c4ccc(C)cc4)nnc3c2)n1. The van der Waals surface area contributed by atoms with Crippen molar-refractivity contribution in [1.82, 2.24) is 30.1 Å². The molecule has 0 atom stereocenters. The van der Waals surface area contributed by atoms with Gasteiger partial charge in [0, 0.05) is 23.7 Å². The predicted octanol–water partition coefficient (Wildman–Crippen LogP) is 2.97. The van der Waals surface area contributed by atoms with E-state index in [1.54, 1.807) is 12.1 Å². The van der Waals surface area contributed by atoms with Crippen LogP contribution in [0.3, 0.4) is 0 Å². The maximum Gasteiger partial charge on any atom is 0.258 e. The molecule has 8 heteroatoms. The molecule has 8 nitrogen and oxygen atoms in total. The Morgan fingerprint density at radius 2 is 2.00 bits per heavy atom. The molecule has 0 unspecified atom stereocenters. The second-order valence-corrected chi connectivity index (χ2v) is 6.57. The summed E-state index contributed by atoms with van der Waals surface area (Å²) in [5.74, 6) is 1.64. The minimum Gasteiger partial charge on any atom is -0.345 e. The van der Waals surface area contributed by atoms with E-state index < -0.39 is 0 Å². The number of hydrogen-bond acceptors (Lipinski definition) is 6. The zero-order chi connectivity index (χ0) is 19.5. The molecule has 28 heavy (non-hydrogen) atoms. The van der Waals surface area contributed by atoms with Gasteiger partial charge in [0.1, 0.15) is 0 Å². The number of aryl methyl sites for hydroxylation is 2. The molecule has 0 aliphatic heterocycles.